The first-order chi connectivity index (χ1) is 37.1. The Morgan fingerprint density at radius 1 is 0.679 bits per heavy atom. The maximum absolute atomic E-state index is 12.6. The molecule has 4 heterocycles. The Balaban J connectivity index is 0.000000188. The van der Waals surface area contributed by atoms with Crippen molar-refractivity contribution < 1.29 is 73.8 Å². The number of ether oxygens (including phenoxy) is 8. The molecule has 2 aliphatic rings. The number of carboxylic acids is 1. The molecule has 9 rings (SSSR count). The average molecular weight is 1130 g/mol. The van der Waals surface area contributed by atoms with Crippen LogP contribution in [0.25, 0.3) is 22.1 Å². The third kappa shape index (κ3) is 15.0. The third-order valence-electron chi connectivity index (χ3n) is 12.6. The molecule has 0 saturated heterocycles. The van der Waals surface area contributed by atoms with Crippen molar-refractivity contribution in [3.05, 3.63) is 96.1 Å². The second-order valence-corrected chi connectivity index (χ2v) is 19.9. The van der Waals surface area contributed by atoms with Crippen molar-refractivity contribution in [2.45, 2.75) is 97.9 Å². The van der Waals surface area contributed by atoms with E-state index in [1.807, 2.05) is 18.2 Å². The summed E-state index contributed by atoms with van der Waals surface area (Å²) in [5.74, 6) is 1.92. The quantitative estimate of drug-likeness (QED) is 0.0587. The minimum absolute atomic E-state index is 0. The number of aromatic nitrogens is 6. The number of rotatable bonds is 19. The van der Waals surface area contributed by atoms with Crippen molar-refractivity contribution in [2.24, 2.45) is 5.92 Å². The van der Waals surface area contributed by atoms with Gasteiger partial charge >= 0.3 is 42.2 Å². The fourth-order valence-electron chi connectivity index (χ4n) is 8.75. The topological polar surface area (TPSA) is 249 Å². The van der Waals surface area contributed by atoms with Gasteiger partial charge in [0, 0.05) is 34.8 Å². The first-order valence-electron chi connectivity index (χ1n) is 23.8. The molecule has 2 fully saturated rings. The Labute approximate surface area is 466 Å². The Kier molecular flexibility index (Phi) is 21.7. The number of benzene rings is 3. The van der Waals surface area contributed by atoms with E-state index in [0.29, 0.717) is 93.6 Å². The fraction of sp³-hybridized carbons (Fsp3) is 0.385. The first kappa shape index (κ1) is 60.3. The zero-order chi connectivity index (χ0) is 55.2. The maximum Gasteiger partial charge on any atom is 2.00 e. The van der Waals surface area contributed by atoms with Crippen LogP contribution in [0.3, 0.4) is 0 Å². The molecule has 0 spiro atoms. The fourth-order valence-corrected chi connectivity index (χ4v) is 10.7. The number of hydrogen-bond donors (Lipinski definition) is 1. The summed E-state index contributed by atoms with van der Waals surface area (Å²) in [6.45, 7) is -5.87. The van der Waals surface area contributed by atoms with Crippen LogP contribution in [-0.2, 0) is 43.3 Å². The Hall–Kier alpha value is -6.95. The third-order valence-corrected chi connectivity index (χ3v) is 14.8. The molecule has 2 aliphatic carbocycles. The summed E-state index contributed by atoms with van der Waals surface area (Å²) >= 11 is 0. The van der Waals surface area contributed by atoms with Gasteiger partial charge in [0.25, 0.3) is 0 Å². The van der Waals surface area contributed by atoms with E-state index in [4.69, 9.17) is 28.4 Å². The van der Waals surface area contributed by atoms with E-state index in [2.05, 4.69) is 45.4 Å². The molecule has 2 saturated carbocycles. The van der Waals surface area contributed by atoms with Gasteiger partial charge in [0.15, 0.2) is 34.5 Å². The van der Waals surface area contributed by atoms with Crippen LogP contribution in [0, 0.1) is 17.2 Å². The Morgan fingerprint density at radius 2 is 1.15 bits per heavy atom. The van der Waals surface area contributed by atoms with Crippen molar-refractivity contribution in [3.63, 3.8) is 0 Å². The normalized spacial score (nSPS) is 16.8. The number of fused-ring (bicyclic) bond motifs is 2. The van der Waals surface area contributed by atoms with Gasteiger partial charge in [-0.3, -0.25) is 23.2 Å². The molecule has 19 nitrogen and oxygen atoms in total. The second-order valence-electron chi connectivity index (χ2n) is 17.2. The van der Waals surface area contributed by atoms with Gasteiger partial charge in [-0.15, -0.1) is 0 Å². The number of pyridine rings is 2. The molecule has 1 N–H and O–H groups in total. The molecule has 3 aromatic carbocycles. The van der Waals surface area contributed by atoms with Crippen LogP contribution in [0.15, 0.2) is 89.4 Å². The van der Waals surface area contributed by atoms with Crippen molar-refractivity contribution >= 4 is 72.7 Å². The summed E-state index contributed by atoms with van der Waals surface area (Å²) in [6.07, 6.45) is 9.93. The van der Waals surface area contributed by atoms with Gasteiger partial charge in [-0.05, 0) is 115 Å². The molecule has 410 valence electrons. The van der Waals surface area contributed by atoms with Crippen molar-refractivity contribution in [1.82, 2.24) is 29.9 Å². The van der Waals surface area contributed by atoms with E-state index >= 15 is 0 Å². The molecular weight excluding hydrogens is 1080 g/mol. The number of halogens is 4. The number of carboxylic acid groups (broad SMARTS) is 1. The maximum atomic E-state index is 12.6. The summed E-state index contributed by atoms with van der Waals surface area (Å²) in [5, 5.41) is 19.2. The van der Waals surface area contributed by atoms with Gasteiger partial charge < -0.3 is 62.9 Å². The van der Waals surface area contributed by atoms with Crippen LogP contribution >= 0.6 is 0 Å². The van der Waals surface area contributed by atoms with E-state index in [1.54, 1.807) is 19.2 Å². The minimum Gasteiger partial charge on any atom is -0.493 e. The van der Waals surface area contributed by atoms with Gasteiger partial charge in [-0.25, -0.2) is 0 Å². The molecule has 0 radical (unpaired) electrons. The predicted molar refractivity (Wildman–Crippen MR) is 277 cm³/mol. The second kappa shape index (κ2) is 28.1. The number of alkyl halides is 4. The molecule has 0 aliphatic heterocycles. The molecule has 0 unspecified atom stereocenters. The summed E-state index contributed by atoms with van der Waals surface area (Å²) in [7, 11) is 4.29. The number of imidazole rings is 2. The predicted octanol–water partition coefficient (Wildman–Crippen LogP) is 8.70. The Morgan fingerprint density at radius 3 is 1.56 bits per heavy atom. The van der Waals surface area contributed by atoms with Crippen LogP contribution in [0.2, 0.25) is 0 Å². The molecule has 4 aromatic heterocycles. The van der Waals surface area contributed by atoms with Gasteiger partial charge in [0.2, 0.25) is 0 Å². The number of aliphatic carboxylic acids is 1. The van der Waals surface area contributed by atoms with Crippen LogP contribution in [-0.4, -0.2) is 117 Å². The van der Waals surface area contributed by atoms with E-state index in [-0.39, 0.29) is 68.4 Å². The summed E-state index contributed by atoms with van der Waals surface area (Å²) in [6, 6.07) is 19.7. The van der Waals surface area contributed by atoms with E-state index < -0.39 is 46.2 Å². The van der Waals surface area contributed by atoms with Crippen LogP contribution < -0.4 is 47.9 Å². The number of methoxy groups -OCH3 is 5. The smallest absolute Gasteiger partial charge is 0.493 e. The average Bonchev–Trinajstić information content (AvgIpc) is 4.22. The number of nitrogens with zero attached hydrogens (tertiary/aromatic N) is 7. The van der Waals surface area contributed by atoms with E-state index in [0.717, 1.165) is 18.4 Å². The van der Waals surface area contributed by atoms with Crippen molar-refractivity contribution in [1.29, 1.82) is 5.26 Å². The van der Waals surface area contributed by atoms with Crippen LogP contribution in [0.5, 0.6) is 46.0 Å². The van der Waals surface area contributed by atoms with Gasteiger partial charge in [-0.1, -0.05) is 18.2 Å². The summed E-state index contributed by atoms with van der Waals surface area (Å²) < 4.78 is 116. The van der Waals surface area contributed by atoms with E-state index in [9.17, 15) is 41.1 Å². The summed E-state index contributed by atoms with van der Waals surface area (Å²) in [4.78, 5) is 36.2. The molecule has 26 heteroatoms. The monoisotopic (exact) mass is 1130 g/mol. The zero-order valence-corrected chi connectivity index (χ0v) is 46.0. The largest absolute Gasteiger partial charge is 2.00 e. The molecule has 0 bridgehead atoms. The molecular formula is C52H53F4MgN7O12S2. The number of carbonyl (C=O) groups is 1. The van der Waals surface area contributed by atoms with Gasteiger partial charge in [0.05, 0.1) is 104 Å². The van der Waals surface area contributed by atoms with Crippen LogP contribution in [0.1, 0.15) is 68.3 Å². The standard InChI is InChI=1S/C20H25NO4.2C16H14F2N3O4S.Mg/c1-24-17-7-6-15(12-18(17)25-16-4-2-3-5-16)20(13-21)10-8-14(9-11-20)19(22)23;2*1-23-13-5-6-19-12(14(13)24-2)8-26(22)16-20-10-4-3-9(25-15(17)18)7-11(10)21-16;/h6-7,12,14,16H,2-5,8-11H2,1H3,(H,22,23);2*3-7,15H,8H2,1-2H3;/q;2*-1;+2/t;2*26-;/m.00./s1. The molecule has 7 aromatic rings. The first-order valence-corrected chi connectivity index (χ1v) is 26.4. The SMILES string of the molecule is COc1ccc(C2(C#N)CCC(C(=O)O)CC2)cc1OC1CCCC1.COc1ccnc(C[S@](=O)c2nc3cc(OC(F)F)ccc3[n-]2)c1OC.COc1ccnc(C[S@](=O)c2nc3cc(OC(F)F)ccc3[n-]2)c1OC.[Mg+2]. The Bertz CT molecular complexity index is 3090. The van der Waals surface area contributed by atoms with Crippen molar-refractivity contribution in [3.8, 4) is 52.1 Å². The zero-order valence-electron chi connectivity index (χ0n) is 43.0. The molecule has 0 amide bonds. The van der Waals surface area contributed by atoms with Gasteiger partial charge in [0.1, 0.15) is 11.5 Å². The number of nitriles is 1. The minimum atomic E-state index is -2.93. The summed E-state index contributed by atoms with van der Waals surface area (Å²) in [5.41, 5.74) is 2.63. The molecule has 2 atom stereocenters. The number of hydrogen-bond acceptors (Lipinski definition) is 16. The van der Waals surface area contributed by atoms with Gasteiger partial charge in [-0.2, -0.15) is 22.8 Å². The van der Waals surface area contributed by atoms with E-state index in [1.165, 1.54) is 90.1 Å². The van der Waals surface area contributed by atoms with Crippen LogP contribution in [0.4, 0.5) is 17.6 Å². The molecule has 78 heavy (non-hydrogen) atoms. The van der Waals surface area contributed by atoms with Crippen molar-refractivity contribution in [2.75, 3.05) is 35.5 Å².